The number of fused-ring (bicyclic) bond motifs is 1. The van der Waals surface area contributed by atoms with E-state index in [2.05, 4.69) is 9.97 Å². The third kappa shape index (κ3) is 3.13. The van der Waals surface area contributed by atoms with Gasteiger partial charge >= 0.3 is 0 Å². The Labute approximate surface area is 161 Å². The van der Waals surface area contributed by atoms with Crippen molar-refractivity contribution in [3.05, 3.63) is 65.1 Å². The second-order valence-electron chi connectivity index (χ2n) is 6.43. The van der Waals surface area contributed by atoms with Gasteiger partial charge in [-0.2, -0.15) is 0 Å². The van der Waals surface area contributed by atoms with E-state index in [1.54, 1.807) is 11.3 Å². The monoisotopic (exact) mass is 377 g/mol. The lowest BCUT2D eigenvalue weighted by atomic mass is 10.1. The Morgan fingerprint density at radius 1 is 1.19 bits per heavy atom. The van der Waals surface area contributed by atoms with Crippen LogP contribution < -0.4 is 4.74 Å². The molecule has 0 atom stereocenters. The van der Waals surface area contributed by atoms with Crippen LogP contribution >= 0.6 is 11.3 Å². The van der Waals surface area contributed by atoms with Crippen LogP contribution in [0.25, 0.3) is 21.3 Å². The summed E-state index contributed by atoms with van der Waals surface area (Å²) in [6.45, 7) is 3.87. The van der Waals surface area contributed by atoms with Crippen LogP contribution in [0.15, 0.2) is 48.1 Å². The summed E-state index contributed by atoms with van der Waals surface area (Å²) in [5.74, 6) is 0.387. The molecule has 1 aromatic carbocycles. The van der Waals surface area contributed by atoms with E-state index >= 15 is 0 Å². The van der Waals surface area contributed by atoms with Crippen molar-refractivity contribution in [1.29, 1.82) is 0 Å². The Morgan fingerprint density at radius 3 is 2.67 bits per heavy atom. The highest BCUT2D eigenvalue weighted by Gasteiger charge is 2.18. The second kappa shape index (κ2) is 6.96. The Kier molecular flexibility index (Phi) is 4.49. The van der Waals surface area contributed by atoms with E-state index in [0.717, 1.165) is 32.7 Å². The number of rotatable bonds is 5. The fourth-order valence-corrected chi connectivity index (χ4v) is 4.04. The van der Waals surface area contributed by atoms with Crippen molar-refractivity contribution in [2.24, 2.45) is 7.05 Å². The molecule has 27 heavy (non-hydrogen) atoms. The van der Waals surface area contributed by atoms with Crippen LogP contribution in [0, 0.1) is 13.8 Å². The molecule has 0 aliphatic rings. The molecule has 0 spiro atoms. The van der Waals surface area contributed by atoms with Gasteiger partial charge in [-0.25, -0.2) is 9.97 Å². The average molecular weight is 377 g/mol. The highest BCUT2D eigenvalue weighted by Crippen LogP contribution is 2.37. The zero-order chi connectivity index (χ0) is 19.0. The number of aromatic nitrogens is 3. The average Bonchev–Trinajstić information content (AvgIpc) is 3.24. The summed E-state index contributed by atoms with van der Waals surface area (Å²) in [5, 5.41) is 2.90. The summed E-state index contributed by atoms with van der Waals surface area (Å²) >= 11 is 1.54. The lowest BCUT2D eigenvalue weighted by Gasteiger charge is -2.08. The van der Waals surface area contributed by atoms with Gasteiger partial charge in [-0.05, 0) is 25.5 Å². The first-order chi connectivity index (χ1) is 13.1. The quantitative estimate of drug-likeness (QED) is 0.478. The van der Waals surface area contributed by atoms with Gasteiger partial charge in [0.05, 0.1) is 5.39 Å². The zero-order valence-electron chi connectivity index (χ0n) is 15.4. The summed E-state index contributed by atoms with van der Waals surface area (Å²) in [5.41, 5.74) is 4.77. The first-order valence-corrected chi connectivity index (χ1v) is 9.50. The van der Waals surface area contributed by atoms with Crippen molar-refractivity contribution in [1.82, 2.24) is 14.5 Å². The second-order valence-corrected chi connectivity index (χ2v) is 7.29. The molecule has 0 amide bonds. The smallest absolute Gasteiger partial charge is 0.226 e. The van der Waals surface area contributed by atoms with Crippen molar-refractivity contribution in [3.8, 4) is 17.0 Å². The van der Waals surface area contributed by atoms with Crippen LogP contribution in [0.5, 0.6) is 5.88 Å². The third-order valence-electron chi connectivity index (χ3n) is 4.84. The fraction of sp³-hybridized carbons (Fsp3) is 0.190. The van der Waals surface area contributed by atoms with Gasteiger partial charge in [-0.15, -0.1) is 11.3 Å². The Bertz CT molecular complexity index is 1130. The highest BCUT2D eigenvalue weighted by atomic mass is 32.1. The molecule has 0 fully saturated rings. The van der Waals surface area contributed by atoms with Gasteiger partial charge in [0.25, 0.3) is 0 Å². The molecule has 3 aromatic heterocycles. The molecule has 0 aliphatic carbocycles. The number of ether oxygens (including phenoxy) is 1. The van der Waals surface area contributed by atoms with Crippen molar-refractivity contribution < 1.29 is 9.53 Å². The molecule has 0 unspecified atom stereocenters. The Morgan fingerprint density at radius 2 is 1.96 bits per heavy atom. The minimum atomic E-state index is -0.0561. The van der Waals surface area contributed by atoms with Crippen molar-refractivity contribution in [2.45, 2.75) is 13.8 Å². The van der Waals surface area contributed by atoms with Crippen molar-refractivity contribution in [3.63, 3.8) is 0 Å². The molecular weight excluding hydrogens is 358 g/mol. The Hall–Kier alpha value is -2.99. The summed E-state index contributed by atoms with van der Waals surface area (Å²) < 4.78 is 7.86. The molecule has 0 radical (unpaired) electrons. The van der Waals surface area contributed by atoms with Gasteiger partial charge in [0.2, 0.25) is 11.7 Å². The van der Waals surface area contributed by atoms with Gasteiger partial charge in [-0.1, -0.05) is 30.3 Å². The number of carbonyl (C=O) groups is 1. The first kappa shape index (κ1) is 17.4. The maximum atomic E-state index is 12.7. The van der Waals surface area contributed by atoms with Gasteiger partial charge in [0, 0.05) is 34.9 Å². The number of nitrogens with zero attached hydrogens (tertiary/aromatic N) is 3. The maximum absolute atomic E-state index is 12.7. The van der Waals surface area contributed by atoms with Crippen LogP contribution in [-0.4, -0.2) is 26.9 Å². The minimum Gasteiger partial charge on any atom is -0.469 e. The summed E-state index contributed by atoms with van der Waals surface area (Å²) in [4.78, 5) is 22.1. The molecule has 0 saturated heterocycles. The number of thiophene rings is 1. The number of ketones is 1. The highest BCUT2D eigenvalue weighted by molar-refractivity contribution is 7.17. The molecule has 0 saturated carbocycles. The minimum absolute atomic E-state index is 0.0551. The van der Waals surface area contributed by atoms with Crippen LogP contribution in [0.3, 0.4) is 0 Å². The number of benzene rings is 1. The van der Waals surface area contributed by atoms with Crippen LogP contribution in [0.4, 0.5) is 0 Å². The predicted octanol–water partition coefficient (Wildman–Crippen LogP) is 4.58. The van der Waals surface area contributed by atoms with E-state index in [0.29, 0.717) is 11.4 Å². The number of hydrogen-bond donors (Lipinski definition) is 0. The number of hydrogen-bond acceptors (Lipinski definition) is 5. The molecule has 0 aliphatic heterocycles. The molecule has 0 N–H and O–H groups in total. The van der Waals surface area contributed by atoms with Gasteiger partial charge in [0.1, 0.15) is 11.2 Å². The summed E-state index contributed by atoms with van der Waals surface area (Å²) in [7, 11) is 1.95. The SMILES string of the molecule is Cc1cc(C(=O)COc2ncnc3scc(-c4ccccc4)c23)c(C)n1C. The lowest BCUT2D eigenvalue weighted by molar-refractivity contribution is 0.0918. The van der Waals surface area contributed by atoms with Gasteiger partial charge in [0.15, 0.2) is 6.61 Å². The van der Waals surface area contributed by atoms with E-state index in [9.17, 15) is 4.79 Å². The van der Waals surface area contributed by atoms with E-state index < -0.39 is 0 Å². The molecule has 6 heteroatoms. The molecule has 4 aromatic rings. The van der Waals surface area contributed by atoms with Gasteiger partial charge in [-0.3, -0.25) is 4.79 Å². The molecule has 3 heterocycles. The number of carbonyl (C=O) groups excluding carboxylic acids is 1. The third-order valence-corrected chi connectivity index (χ3v) is 5.72. The molecular formula is C21H19N3O2S. The fourth-order valence-electron chi connectivity index (χ4n) is 3.14. The van der Waals surface area contributed by atoms with Crippen molar-refractivity contribution >= 4 is 27.3 Å². The normalized spacial score (nSPS) is 11.1. The van der Waals surface area contributed by atoms with Gasteiger partial charge < -0.3 is 9.30 Å². The van der Waals surface area contributed by atoms with E-state index in [4.69, 9.17) is 4.74 Å². The predicted molar refractivity (Wildman–Crippen MR) is 108 cm³/mol. The summed E-state index contributed by atoms with van der Waals surface area (Å²) in [6, 6.07) is 11.9. The molecule has 5 nitrogen and oxygen atoms in total. The van der Waals surface area contributed by atoms with Crippen LogP contribution in [-0.2, 0) is 7.05 Å². The topological polar surface area (TPSA) is 57.0 Å². The molecule has 4 rings (SSSR count). The van der Waals surface area contributed by atoms with E-state index in [1.807, 2.05) is 67.2 Å². The van der Waals surface area contributed by atoms with E-state index in [1.165, 1.54) is 6.33 Å². The van der Waals surface area contributed by atoms with Crippen LogP contribution in [0.2, 0.25) is 0 Å². The Balaban J connectivity index is 1.65. The molecule has 0 bridgehead atoms. The maximum Gasteiger partial charge on any atom is 0.226 e. The molecule has 136 valence electrons. The number of aryl methyl sites for hydroxylation is 1. The van der Waals surface area contributed by atoms with Crippen LogP contribution in [0.1, 0.15) is 21.7 Å². The van der Waals surface area contributed by atoms with E-state index in [-0.39, 0.29) is 12.4 Å². The standard InChI is InChI=1S/C21H19N3O2S/c1-13-9-16(14(2)24(13)3)18(25)10-26-20-19-17(15-7-5-4-6-8-15)11-27-21(19)23-12-22-20/h4-9,11-12H,10H2,1-3H3. The summed E-state index contributed by atoms with van der Waals surface area (Å²) in [6.07, 6.45) is 1.48. The zero-order valence-corrected chi connectivity index (χ0v) is 16.2. The first-order valence-electron chi connectivity index (χ1n) is 8.63. The van der Waals surface area contributed by atoms with Crippen molar-refractivity contribution in [2.75, 3.05) is 6.61 Å². The number of Topliss-reactive ketones (excluding diaryl/α,β-unsaturated/α-hetero) is 1. The lowest BCUT2D eigenvalue weighted by Crippen LogP contribution is -2.13. The largest absolute Gasteiger partial charge is 0.469 e.